The Labute approximate surface area is 250 Å². The zero-order valence-corrected chi connectivity index (χ0v) is 26.5. The lowest BCUT2D eigenvalue weighted by atomic mass is 9.95. The Bertz CT molecular complexity index is 1710. The number of allylic oxidation sites excluding steroid dienone is 1. The van der Waals surface area contributed by atoms with E-state index >= 15 is 0 Å². The van der Waals surface area contributed by atoms with Crippen LogP contribution in [-0.4, -0.2) is 48.6 Å². The van der Waals surface area contributed by atoms with Crippen molar-refractivity contribution >= 4 is 39.3 Å². The third-order valence-corrected chi connectivity index (χ3v) is 9.23. The fraction of sp³-hybridized carbons (Fsp3) is 0.433. The number of thiazole rings is 1. The molecule has 11 heteroatoms. The van der Waals surface area contributed by atoms with Crippen LogP contribution in [0.25, 0.3) is 6.08 Å². The minimum Gasteiger partial charge on any atom is -0.496 e. The van der Waals surface area contributed by atoms with Crippen molar-refractivity contribution in [1.29, 1.82) is 0 Å². The lowest BCUT2D eigenvalue weighted by molar-refractivity contribution is -0.139. The molecule has 2 aliphatic rings. The first kappa shape index (κ1) is 29.3. The first-order valence-corrected chi connectivity index (χ1v) is 15.2. The van der Waals surface area contributed by atoms with Crippen LogP contribution in [0.5, 0.6) is 11.5 Å². The summed E-state index contributed by atoms with van der Waals surface area (Å²) in [4.78, 5) is 32.6. The largest absolute Gasteiger partial charge is 0.496 e. The van der Waals surface area contributed by atoms with Crippen molar-refractivity contribution in [2.24, 2.45) is 4.99 Å². The summed E-state index contributed by atoms with van der Waals surface area (Å²) in [5.74, 6) is 0.508. The molecule has 1 aromatic carbocycles. The van der Waals surface area contributed by atoms with Gasteiger partial charge in [-0.05, 0) is 80.2 Å². The van der Waals surface area contributed by atoms with E-state index in [9.17, 15) is 9.59 Å². The van der Waals surface area contributed by atoms with E-state index in [1.807, 2.05) is 12.1 Å². The molecule has 2 aromatic heterocycles. The summed E-state index contributed by atoms with van der Waals surface area (Å²) in [6.07, 6.45) is 4.26. The molecular weight excluding hydrogens is 610 g/mol. The van der Waals surface area contributed by atoms with Crippen molar-refractivity contribution < 1.29 is 23.7 Å². The topological polar surface area (TPSA) is 93.3 Å². The molecule has 0 N–H and O–H groups in total. The highest BCUT2D eigenvalue weighted by molar-refractivity contribution is 9.10. The highest BCUT2D eigenvalue weighted by atomic mass is 79.9. The normalized spacial score (nSPS) is 18.9. The second-order valence-corrected chi connectivity index (χ2v) is 12.0. The second kappa shape index (κ2) is 12.0. The molecule has 3 aromatic rings. The summed E-state index contributed by atoms with van der Waals surface area (Å²) >= 11 is 4.86. The van der Waals surface area contributed by atoms with Crippen molar-refractivity contribution in [3.05, 3.63) is 76.1 Å². The van der Waals surface area contributed by atoms with E-state index in [1.54, 1.807) is 38.7 Å². The highest BCUT2D eigenvalue weighted by Gasteiger charge is 2.35. The van der Waals surface area contributed by atoms with Crippen LogP contribution in [0.4, 0.5) is 0 Å². The molecule has 1 fully saturated rings. The Morgan fingerprint density at radius 2 is 1.95 bits per heavy atom. The number of methoxy groups -OCH3 is 2. The number of aromatic nitrogens is 2. The number of aryl methyl sites for hydroxylation is 1. The third kappa shape index (κ3) is 5.42. The van der Waals surface area contributed by atoms with Gasteiger partial charge in [0.1, 0.15) is 17.5 Å². The van der Waals surface area contributed by atoms with Crippen LogP contribution < -0.4 is 24.4 Å². The van der Waals surface area contributed by atoms with Crippen LogP contribution in [0, 0.1) is 13.8 Å². The summed E-state index contributed by atoms with van der Waals surface area (Å²) in [7, 11) is 3.11. The molecule has 0 saturated carbocycles. The number of carbonyl (C=O) groups is 1. The van der Waals surface area contributed by atoms with Gasteiger partial charge in [-0.2, -0.15) is 0 Å². The van der Waals surface area contributed by atoms with Crippen LogP contribution in [-0.2, 0) is 20.8 Å². The average Bonchev–Trinajstić information content (AvgIpc) is 3.63. The van der Waals surface area contributed by atoms with Gasteiger partial charge >= 0.3 is 5.97 Å². The summed E-state index contributed by atoms with van der Waals surface area (Å²) in [6.45, 7) is 9.44. The molecule has 0 spiro atoms. The van der Waals surface area contributed by atoms with Crippen LogP contribution in [0.1, 0.15) is 55.2 Å². The molecule has 2 atom stereocenters. The van der Waals surface area contributed by atoms with E-state index in [2.05, 4.69) is 40.4 Å². The number of nitrogens with zero attached hydrogens (tertiary/aromatic N) is 3. The molecule has 0 bridgehead atoms. The maximum atomic E-state index is 14.1. The van der Waals surface area contributed by atoms with E-state index in [-0.39, 0.29) is 23.8 Å². The van der Waals surface area contributed by atoms with E-state index < -0.39 is 12.0 Å². The smallest absolute Gasteiger partial charge is 0.338 e. The maximum absolute atomic E-state index is 14.1. The zero-order chi connectivity index (χ0) is 29.4. The number of hydrogen-bond acceptors (Lipinski definition) is 8. The van der Waals surface area contributed by atoms with Gasteiger partial charge in [0, 0.05) is 36.2 Å². The van der Waals surface area contributed by atoms with Crippen molar-refractivity contribution in [2.75, 3.05) is 27.4 Å². The summed E-state index contributed by atoms with van der Waals surface area (Å²) < 4.78 is 27.5. The number of rotatable bonds is 8. The maximum Gasteiger partial charge on any atom is 0.338 e. The van der Waals surface area contributed by atoms with Crippen LogP contribution in [0.2, 0.25) is 0 Å². The SMILES string of the molecule is CCOC(=O)C1=C(C)N=c2s/c(=C\c3cc(C)n(C[C@H]4CCCO4)c3C)c(=O)n2[C@H]1c1cc(Br)c(OC)cc1OC. The molecule has 218 valence electrons. The summed E-state index contributed by atoms with van der Waals surface area (Å²) in [6, 6.07) is 4.84. The van der Waals surface area contributed by atoms with Gasteiger partial charge in [0.2, 0.25) is 0 Å². The van der Waals surface area contributed by atoms with E-state index in [0.29, 0.717) is 36.6 Å². The van der Waals surface area contributed by atoms with Crippen molar-refractivity contribution in [1.82, 2.24) is 9.13 Å². The second-order valence-electron chi connectivity index (χ2n) is 10.1. The molecule has 0 aliphatic carbocycles. The van der Waals surface area contributed by atoms with E-state index in [4.69, 9.17) is 23.9 Å². The number of halogens is 1. The molecule has 9 nitrogen and oxygen atoms in total. The van der Waals surface area contributed by atoms with Gasteiger partial charge in [-0.25, -0.2) is 9.79 Å². The highest BCUT2D eigenvalue weighted by Crippen LogP contribution is 2.41. The number of carbonyl (C=O) groups excluding carboxylic acids is 1. The predicted octanol–water partition coefficient (Wildman–Crippen LogP) is 4.18. The van der Waals surface area contributed by atoms with Gasteiger partial charge in [0.25, 0.3) is 5.56 Å². The molecule has 41 heavy (non-hydrogen) atoms. The van der Waals surface area contributed by atoms with Gasteiger partial charge in [0.15, 0.2) is 4.80 Å². The Hall–Kier alpha value is -3.15. The molecular formula is C30H34BrN3O6S. The van der Waals surface area contributed by atoms with Crippen LogP contribution >= 0.6 is 27.3 Å². The number of fused-ring (bicyclic) bond motifs is 1. The van der Waals surface area contributed by atoms with Crippen LogP contribution in [0.3, 0.4) is 0 Å². The van der Waals surface area contributed by atoms with Gasteiger partial charge in [-0.15, -0.1) is 0 Å². The Balaban J connectivity index is 1.69. The van der Waals surface area contributed by atoms with Gasteiger partial charge in [-0.3, -0.25) is 9.36 Å². The van der Waals surface area contributed by atoms with E-state index in [0.717, 1.165) is 42.9 Å². The number of esters is 1. The first-order valence-electron chi connectivity index (χ1n) is 13.6. The van der Waals surface area contributed by atoms with Gasteiger partial charge < -0.3 is 23.5 Å². The molecule has 0 unspecified atom stereocenters. The average molecular weight is 645 g/mol. The number of benzene rings is 1. The molecule has 2 aliphatic heterocycles. The minimum atomic E-state index is -0.809. The van der Waals surface area contributed by atoms with Crippen LogP contribution in [0.15, 0.2) is 43.7 Å². The summed E-state index contributed by atoms with van der Waals surface area (Å²) in [5, 5.41) is 0. The third-order valence-electron chi connectivity index (χ3n) is 7.63. The standard InChI is InChI=1S/C30H34BrN3O6S/c1-7-39-29(36)26-17(3)32-30-34(27(26)21-13-22(31)24(38-6)14-23(21)37-5)28(35)25(41-30)12-19-11-16(2)33(18(19)4)15-20-9-8-10-40-20/h11-14,20,27H,7-10,15H2,1-6H3/b25-12-/t20-,27+/m1/s1. The van der Waals surface area contributed by atoms with Gasteiger partial charge in [-0.1, -0.05) is 11.3 Å². The van der Waals surface area contributed by atoms with E-state index in [1.165, 1.54) is 11.3 Å². The minimum absolute atomic E-state index is 0.192. The molecule has 5 rings (SSSR count). The predicted molar refractivity (Wildman–Crippen MR) is 161 cm³/mol. The van der Waals surface area contributed by atoms with Crippen molar-refractivity contribution in [2.45, 2.75) is 59.2 Å². The Morgan fingerprint density at radius 3 is 2.61 bits per heavy atom. The number of hydrogen-bond donors (Lipinski definition) is 0. The van der Waals surface area contributed by atoms with Crippen molar-refractivity contribution in [3.8, 4) is 11.5 Å². The molecule has 0 radical (unpaired) electrons. The van der Waals surface area contributed by atoms with Crippen molar-refractivity contribution in [3.63, 3.8) is 0 Å². The fourth-order valence-electron chi connectivity index (χ4n) is 5.57. The molecule has 0 amide bonds. The van der Waals surface area contributed by atoms with Gasteiger partial charge in [0.05, 0.1) is 47.2 Å². The monoisotopic (exact) mass is 643 g/mol. The molecule has 1 saturated heterocycles. The lowest BCUT2D eigenvalue weighted by Crippen LogP contribution is -2.40. The Morgan fingerprint density at radius 1 is 1.20 bits per heavy atom. The first-order chi connectivity index (χ1) is 19.7. The Kier molecular flexibility index (Phi) is 8.58. The quantitative estimate of drug-likeness (QED) is 0.342. The fourth-order valence-corrected chi connectivity index (χ4v) is 7.13. The summed E-state index contributed by atoms with van der Waals surface area (Å²) in [5.41, 5.74) is 4.30. The number of ether oxygens (including phenoxy) is 4. The zero-order valence-electron chi connectivity index (χ0n) is 24.1. The lowest BCUT2D eigenvalue weighted by Gasteiger charge is -2.26. The molecule has 4 heterocycles.